The van der Waals surface area contributed by atoms with Gasteiger partial charge in [-0.25, -0.2) is 4.39 Å². The summed E-state index contributed by atoms with van der Waals surface area (Å²) in [6.45, 7) is 3.37. The number of carbonyl (C=O) groups excluding carboxylic acids is 1. The maximum atomic E-state index is 13.6. The Balaban J connectivity index is 1.79. The third-order valence-corrected chi connectivity index (χ3v) is 4.69. The monoisotopic (exact) mass is 316 g/mol. The lowest BCUT2D eigenvalue weighted by atomic mass is 10.2. The number of piperazine rings is 1. The molecule has 0 unspecified atom stereocenters. The first-order chi connectivity index (χ1) is 9.58. The molecule has 1 fully saturated rings. The zero-order valence-electron chi connectivity index (χ0n) is 11.4. The van der Waals surface area contributed by atoms with Crippen molar-refractivity contribution in [1.29, 1.82) is 0 Å². The molecule has 6 heteroatoms. The van der Waals surface area contributed by atoms with Crippen LogP contribution in [-0.2, 0) is 10.5 Å². The van der Waals surface area contributed by atoms with Gasteiger partial charge in [-0.1, -0.05) is 17.7 Å². The molecule has 1 aromatic rings. The summed E-state index contributed by atoms with van der Waals surface area (Å²) in [5.41, 5.74) is 0.477. The van der Waals surface area contributed by atoms with Crippen molar-refractivity contribution in [3.63, 3.8) is 0 Å². The Hall–Kier alpha value is -0.780. The molecule has 1 aromatic carbocycles. The van der Waals surface area contributed by atoms with Crippen molar-refractivity contribution in [2.24, 2.45) is 0 Å². The average molecular weight is 317 g/mol. The Kier molecular flexibility index (Phi) is 5.69. The zero-order valence-corrected chi connectivity index (χ0v) is 13.0. The number of likely N-dealkylation sites (N-methyl/N-ethyl adjacent to an activating group) is 1. The molecule has 0 atom stereocenters. The second-order valence-electron chi connectivity index (χ2n) is 4.88. The van der Waals surface area contributed by atoms with Crippen molar-refractivity contribution in [2.75, 3.05) is 39.0 Å². The van der Waals surface area contributed by atoms with Gasteiger partial charge in [0, 0.05) is 42.5 Å². The molecule has 1 amide bonds. The lowest BCUT2D eigenvalue weighted by molar-refractivity contribution is -0.129. The third-order valence-electron chi connectivity index (χ3n) is 3.39. The van der Waals surface area contributed by atoms with E-state index >= 15 is 0 Å². The summed E-state index contributed by atoms with van der Waals surface area (Å²) >= 11 is 7.36. The smallest absolute Gasteiger partial charge is 0.232 e. The molecule has 3 nitrogen and oxygen atoms in total. The van der Waals surface area contributed by atoms with E-state index < -0.39 is 0 Å². The van der Waals surface area contributed by atoms with E-state index in [0.29, 0.717) is 22.1 Å². The van der Waals surface area contributed by atoms with Gasteiger partial charge >= 0.3 is 0 Å². The normalized spacial score (nSPS) is 16.4. The Bertz CT molecular complexity index is 458. The molecule has 0 saturated carbocycles. The summed E-state index contributed by atoms with van der Waals surface area (Å²) in [5, 5.41) is 0.421. The molecule has 0 bridgehead atoms. The van der Waals surface area contributed by atoms with E-state index in [9.17, 15) is 9.18 Å². The SMILES string of the molecule is CN1CCN(C(=O)CSCc2c(F)cccc2Cl)CC1. The fraction of sp³-hybridized carbons (Fsp3) is 0.500. The quantitative estimate of drug-likeness (QED) is 0.852. The molecule has 0 radical (unpaired) electrons. The largest absolute Gasteiger partial charge is 0.339 e. The molecule has 0 aliphatic carbocycles. The van der Waals surface area contributed by atoms with Crippen LogP contribution < -0.4 is 0 Å². The molecule has 1 heterocycles. The minimum Gasteiger partial charge on any atom is -0.339 e. The molecule has 0 N–H and O–H groups in total. The number of halogens is 2. The van der Waals surface area contributed by atoms with Crippen LogP contribution in [0.5, 0.6) is 0 Å². The van der Waals surface area contributed by atoms with E-state index in [1.807, 2.05) is 4.90 Å². The number of nitrogens with zero attached hydrogens (tertiary/aromatic N) is 2. The molecule has 1 aliphatic heterocycles. The maximum absolute atomic E-state index is 13.6. The van der Waals surface area contributed by atoms with Gasteiger partial charge in [-0.15, -0.1) is 11.8 Å². The topological polar surface area (TPSA) is 23.6 Å². The summed E-state index contributed by atoms with van der Waals surface area (Å²) in [5.74, 6) is 0.604. The number of benzene rings is 1. The summed E-state index contributed by atoms with van der Waals surface area (Å²) < 4.78 is 13.6. The van der Waals surface area contributed by atoms with Gasteiger partial charge in [0.2, 0.25) is 5.91 Å². The predicted octanol–water partition coefficient (Wildman–Crippen LogP) is 2.49. The number of hydrogen-bond acceptors (Lipinski definition) is 3. The maximum Gasteiger partial charge on any atom is 0.232 e. The van der Waals surface area contributed by atoms with E-state index in [4.69, 9.17) is 11.6 Å². The first kappa shape index (κ1) is 15.6. The van der Waals surface area contributed by atoms with E-state index in [2.05, 4.69) is 11.9 Å². The van der Waals surface area contributed by atoms with Crippen LogP contribution in [0.2, 0.25) is 5.02 Å². The van der Waals surface area contributed by atoms with Crippen molar-refractivity contribution in [1.82, 2.24) is 9.80 Å². The van der Waals surface area contributed by atoms with Gasteiger partial charge in [0.15, 0.2) is 0 Å². The molecule has 110 valence electrons. The number of hydrogen-bond donors (Lipinski definition) is 0. The van der Waals surface area contributed by atoms with Crippen LogP contribution in [0.25, 0.3) is 0 Å². The van der Waals surface area contributed by atoms with Crippen LogP contribution >= 0.6 is 23.4 Å². The van der Waals surface area contributed by atoms with Crippen molar-refractivity contribution >= 4 is 29.3 Å². The second kappa shape index (κ2) is 7.29. The number of carbonyl (C=O) groups is 1. The highest BCUT2D eigenvalue weighted by atomic mass is 35.5. The van der Waals surface area contributed by atoms with Gasteiger partial charge in [0.1, 0.15) is 5.82 Å². The zero-order chi connectivity index (χ0) is 14.5. The number of thioether (sulfide) groups is 1. The third kappa shape index (κ3) is 4.11. The van der Waals surface area contributed by atoms with Gasteiger partial charge in [0.05, 0.1) is 5.75 Å². The van der Waals surface area contributed by atoms with E-state index in [0.717, 1.165) is 26.2 Å². The van der Waals surface area contributed by atoms with Crippen LogP contribution in [0.3, 0.4) is 0 Å². The standard InChI is InChI=1S/C14H18ClFN2OS/c1-17-5-7-18(8-6-17)14(19)10-20-9-11-12(15)3-2-4-13(11)16/h2-4H,5-10H2,1H3. The molecular formula is C14H18ClFN2OS. The van der Waals surface area contributed by atoms with Crippen molar-refractivity contribution in [2.45, 2.75) is 5.75 Å². The summed E-state index contributed by atoms with van der Waals surface area (Å²) in [6.07, 6.45) is 0. The van der Waals surface area contributed by atoms with Gasteiger partial charge in [-0.2, -0.15) is 0 Å². The first-order valence-electron chi connectivity index (χ1n) is 6.55. The molecule has 0 spiro atoms. The highest BCUT2D eigenvalue weighted by molar-refractivity contribution is 7.99. The van der Waals surface area contributed by atoms with E-state index in [-0.39, 0.29) is 11.7 Å². The minimum absolute atomic E-state index is 0.121. The Labute approximate surface area is 128 Å². The van der Waals surface area contributed by atoms with Crippen molar-refractivity contribution in [3.8, 4) is 0 Å². The predicted molar refractivity (Wildman–Crippen MR) is 81.6 cm³/mol. The summed E-state index contributed by atoms with van der Waals surface area (Å²) in [7, 11) is 2.05. The highest BCUT2D eigenvalue weighted by Gasteiger charge is 2.19. The molecule has 1 aliphatic rings. The lowest BCUT2D eigenvalue weighted by Crippen LogP contribution is -2.47. The Morgan fingerprint density at radius 3 is 2.70 bits per heavy atom. The van der Waals surface area contributed by atoms with Crippen LogP contribution in [0, 0.1) is 5.82 Å². The Morgan fingerprint density at radius 1 is 1.35 bits per heavy atom. The molecule has 20 heavy (non-hydrogen) atoms. The molecular weight excluding hydrogens is 299 g/mol. The molecule has 2 rings (SSSR count). The van der Waals surface area contributed by atoms with Gasteiger partial charge in [-0.3, -0.25) is 4.79 Å². The summed E-state index contributed by atoms with van der Waals surface area (Å²) in [6, 6.07) is 4.65. The minimum atomic E-state index is -0.308. The molecule has 0 aromatic heterocycles. The van der Waals surface area contributed by atoms with Gasteiger partial charge in [0.25, 0.3) is 0 Å². The van der Waals surface area contributed by atoms with E-state index in [1.165, 1.54) is 17.8 Å². The average Bonchev–Trinajstić information content (AvgIpc) is 2.42. The van der Waals surface area contributed by atoms with E-state index in [1.54, 1.807) is 12.1 Å². The number of rotatable bonds is 4. The van der Waals surface area contributed by atoms with Crippen LogP contribution in [0.4, 0.5) is 4.39 Å². The first-order valence-corrected chi connectivity index (χ1v) is 8.08. The van der Waals surface area contributed by atoms with Crippen LogP contribution in [0.1, 0.15) is 5.56 Å². The van der Waals surface area contributed by atoms with Crippen LogP contribution in [-0.4, -0.2) is 54.7 Å². The fourth-order valence-electron chi connectivity index (χ4n) is 2.06. The van der Waals surface area contributed by atoms with Gasteiger partial charge < -0.3 is 9.80 Å². The Morgan fingerprint density at radius 2 is 2.05 bits per heavy atom. The summed E-state index contributed by atoms with van der Waals surface area (Å²) in [4.78, 5) is 16.1. The highest BCUT2D eigenvalue weighted by Crippen LogP contribution is 2.24. The van der Waals surface area contributed by atoms with Crippen molar-refractivity contribution < 1.29 is 9.18 Å². The van der Waals surface area contributed by atoms with Crippen molar-refractivity contribution in [3.05, 3.63) is 34.6 Å². The number of amides is 1. The van der Waals surface area contributed by atoms with Crippen LogP contribution in [0.15, 0.2) is 18.2 Å². The second-order valence-corrected chi connectivity index (χ2v) is 6.27. The lowest BCUT2D eigenvalue weighted by Gasteiger charge is -2.32. The van der Waals surface area contributed by atoms with Gasteiger partial charge in [-0.05, 0) is 19.2 Å². The molecule has 1 saturated heterocycles. The fourth-order valence-corrected chi connectivity index (χ4v) is 3.32.